The molecule has 88 valence electrons. The van der Waals surface area contributed by atoms with Crippen LogP contribution in [0.25, 0.3) is 0 Å². The van der Waals surface area contributed by atoms with Crippen LogP contribution in [0.3, 0.4) is 0 Å². The smallest absolute Gasteiger partial charge is 0.0272 e. The Kier molecular flexibility index (Phi) is 2.90. The zero-order chi connectivity index (χ0) is 11.2. The van der Waals surface area contributed by atoms with Crippen molar-refractivity contribution in [2.45, 2.75) is 60.3 Å². The fraction of sp³-hybridized carbons (Fsp3) is 1.00. The lowest BCUT2D eigenvalue weighted by atomic mass is 9.50. The Morgan fingerprint density at radius 3 is 2.07 bits per heavy atom. The molecule has 2 aliphatic rings. The predicted molar refractivity (Wildman–Crippen MR) is 66.7 cm³/mol. The second kappa shape index (κ2) is 3.79. The highest BCUT2D eigenvalue weighted by Gasteiger charge is 2.48. The molecule has 5 unspecified atom stereocenters. The lowest BCUT2D eigenvalue weighted by Crippen LogP contribution is -2.46. The van der Waals surface area contributed by atoms with Gasteiger partial charge in [0, 0.05) is 0 Å². The molecule has 0 aromatic carbocycles. The standard InChI is InChI=1S/C15H28/c1-10-6-7-14(10)11(2)9-15(5)12(3)8-13(15)4/h10-14H,6-9H2,1-5H3. The fourth-order valence-corrected chi connectivity index (χ4v) is 4.18. The summed E-state index contributed by atoms with van der Waals surface area (Å²) in [5.41, 5.74) is 0.661. The summed E-state index contributed by atoms with van der Waals surface area (Å²) in [6.45, 7) is 12.4. The van der Waals surface area contributed by atoms with Crippen molar-refractivity contribution in [2.75, 3.05) is 0 Å². The summed E-state index contributed by atoms with van der Waals surface area (Å²) in [6.07, 6.45) is 5.92. The average Bonchev–Trinajstić information content (AvgIpc) is 2.15. The number of hydrogen-bond donors (Lipinski definition) is 0. The quantitative estimate of drug-likeness (QED) is 0.628. The van der Waals surface area contributed by atoms with Crippen molar-refractivity contribution >= 4 is 0 Å². The minimum absolute atomic E-state index is 0.661. The molecule has 0 heteroatoms. The first-order chi connectivity index (χ1) is 6.95. The van der Waals surface area contributed by atoms with E-state index in [0.717, 1.165) is 29.6 Å². The van der Waals surface area contributed by atoms with Crippen molar-refractivity contribution in [3.05, 3.63) is 0 Å². The van der Waals surface area contributed by atoms with Crippen molar-refractivity contribution < 1.29 is 0 Å². The third-order valence-electron chi connectivity index (χ3n) is 6.14. The third-order valence-corrected chi connectivity index (χ3v) is 6.14. The molecule has 0 radical (unpaired) electrons. The van der Waals surface area contributed by atoms with Gasteiger partial charge in [-0.05, 0) is 54.3 Å². The molecule has 0 N–H and O–H groups in total. The summed E-state index contributed by atoms with van der Waals surface area (Å²) < 4.78 is 0. The van der Waals surface area contributed by atoms with Crippen molar-refractivity contribution in [1.29, 1.82) is 0 Å². The molecule has 0 heterocycles. The highest BCUT2D eigenvalue weighted by atomic mass is 14.5. The van der Waals surface area contributed by atoms with Crippen molar-refractivity contribution in [1.82, 2.24) is 0 Å². The van der Waals surface area contributed by atoms with E-state index in [1.807, 2.05) is 0 Å². The summed E-state index contributed by atoms with van der Waals surface area (Å²) in [7, 11) is 0. The minimum Gasteiger partial charge on any atom is -0.0622 e. The largest absolute Gasteiger partial charge is 0.0622 e. The molecule has 2 aliphatic carbocycles. The summed E-state index contributed by atoms with van der Waals surface area (Å²) in [6, 6.07) is 0. The summed E-state index contributed by atoms with van der Waals surface area (Å²) in [5.74, 6) is 4.94. The summed E-state index contributed by atoms with van der Waals surface area (Å²) >= 11 is 0. The fourth-order valence-electron chi connectivity index (χ4n) is 4.18. The van der Waals surface area contributed by atoms with Crippen LogP contribution in [0.15, 0.2) is 0 Å². The van der Waals surface area contributed by atoms with Crippen molar-refractivity contribution in [3.63, 3.8) is 0 Å². The van der Waals surface area contributed by atoms with Crippen LogP contribution >= 0.6 is 0 Å². The van der Waals surface area contributed by atoms with Crippen molar-refractivity contribution in [2.24, 2.45) is 35.0 Å². The van der Waals surface area contributed by atoms with Gasteiger partial charge in [-0.1, -0.05) is 41.0 Å². The zero-order valence-electron chi connectivity index (χ0n) is 11.2. The minimum atomic E-state index is 0.661. The van der Waals surface area contributed by atoms with E-state index in [2.05, 4.69) is 34.6 Å². The van der Waals surface area contributed by atoms with Gasteiger partial charge in [0.25, 0.3) is 0 Å². The summed E-state index contributed by atoms with van der Waals surface area (Å²) in [4.78, 5) is 0. The van der Waals surface area contributed by atoms with Crippen LogP contribution in [-0.4, -0.2) is 0 Å². The van der Waals surface area contributed by atoms with Gasteiger partial charge >= 0.3 is 0 Å². The molecule has 0 nitrogen and oxygen atoms in total. The van der Waals surface area contributed by atoms with Gasteiger partial charge in [-0.2, -0.15) is 0 Å². The lowest BCUT2D eigenvalue weighted by molar-refractivity contribution is -0.0517. The second-order valence-electron chi connectivity index (χ2n) is 6.94. The molecule has 0 aliphatic heterocycles. The monoisotopic (exact) mass is 208 g/mol. The normalized spacial score (nSPS) is 51.8. The Bertz CT molecular complexity index is 222. The maximum absolute atomic E-state index is 2.53. The van der Waals surface area contributed by atoms with Gasteiger partial charge in [-0.15, -0.1) is 0 Å². The first-order valence-corrected chi connectivity index (χ1v) is 6.95. The molecule has 5 atom stereocenters. The SMILES string of the molecule is CC1CCC1C(C)CC1(C)C(C)CC1C. The van der Waals surface area contributed by atoms with Crippen LogP contribution < -0.4 is 0 Å². The first kappa shape index (κ1) is 11.5. The molecular formula is C15H28. The molecule has 2 rings (SSSR count). The lowest BCUT2D eigenvalue weighted by Gasteiger charge is -2.55. The van der Waals surface area contributed by atoms with Gasteiger partial charge in [0.2, 0.25) is 0 Å². The molecule has 2 saturated carbocycles. The van der Waals surface area contributed by atoms with Crippen LogP contribution in [0.4, 0.5) is 0 Å². The molecule has 0 saturated heterocycles. The predicted octanol–water partition coefficient (Wildman–Crippen LogP) is 4.74. The molecule has 15 heavy (non-hydrogen) atoms. The molecule has 0 spiro atoms. The van der Waals surface area contributed by atoms with Crippen LogP contribution in [-0.2, 0) is 0 Å². The number of rotatable bonds is 3. The van der Waals surface area contributed by atoms with Gasteiger partial charge in [-0.3, -0.25) is 0 Å². The summed E-state index contributed by atoms with van der Waals surface area (Å²) in [5, 5.41) is 0. The van der Waals surface area contributed by atoms with Gasteiger partial charge in [0.05, 0.1) is 0 Å². The maximum Gasteiger partial charge on any atom is -0.0272 e. The first-order valence-electron chi connectivity index (χ1n) is 6.95. The maximum atomic E-state index is 2.53. The van der Waals surface area contributed by atoms with Gasteiger partial charge in [0.15, 0.2) is 0 Å². The van der Waals surface area contributed by atoms with E-state index in [0.29, 0.717) is 5.41 Å². The highest BCUT2D eigenvalue weighted by molar-refractivity contribution is 4.97. The topological polar surface area (TPSA) is 0 Å². The van der Waals surface area contributed by atoms with E-state index >= 15 is 0 Å². The molecule has 0 aromatic rings. The molecule has 2 fully saturated rings. The van der Waals surface area contributed by atoms with E-state index in [1.54, 1.807) is 0 Å². The highest BCUT2D eigenvalue weighted by Crippen LogP contribution is 2.56. The van der Waals surface area contributed by atoms with Gasteiger partial charge in [-0.25, -0.2) is 0 Å². The van der Waals surface area contributed by atoms with E-state index in [1.165, 1.54) is 25.7 Å². The van der Waals surface area contributed by atoms with E-state index < -0.39 is 0 Å². The molecule has 0 aromatic heterocycles. The number of hydrogen-bond acceptors (Lipinski definition) is 0. The third kappa shape index (κ3) is 1.74. The van der Waals surface area contributed by atoms with Gasteiger partial charge < -0.3 is 0 Å². The van der Waals surface area contributed by atoms with Crippen LogP contribution in [0, 0.1) is 35.0 Å². The Labute approximate surface area is 95.8 Å². The Morgan fingerprint density at radius 2 is 1.73 bits per heavy atom. The molecular weight excluding hydrogens is 180 g/mol. The van der Waals surface area contributed by atoms with E-state index in [-0.39, 0.29) is 0 Å². The Balaban J connectivity index is 1.90. The molecule has 0 bridgehead atoms. The second-order valence-corrected chi connectivity index (χ2v) is 6.94. The van der Waals surface area contributed by atoms with Gasteiger partial charge in [0.1, 0.15) is 0 Å². The van der Waals surface area contributed by atoms with E-state index in [9.17, 15) is 0 Å². The Morgan fingerprint density at radius 1 is 1.13 bits per heavy atom. The Hall–Kier alpha value is 0. The zero-order valence-corrected chi connectivity index (χ0v) is 11.2. The van der Waals surface area contributed by atoms with Crippen LogP contribution in [0.5, 0.6) is 0 Å². The van der Waals surface area contributed by atoms with Crippen molar-refractivity contribution in [3.8, 4) is 0 Å². The van der Waals surface area contributed by atoms with Crippen LogP contribution in [0.1, 0.15) is 60.3 Å². The average molecular weight is 208 g/mol. The van der Waals surface area contributed by atoms with Crippen LogP contribution in [0.2, 0.25) is 0 Å². The molecule has 0 amide bonds. The van der Waals surface area contributed by atoms with E-state index in [4.69, 9.17) is 0 Å².